The van der Waals surface area contributed by atoms with E-state index in [-0.39, 0.29) is 0 Å². The number of nitrogens with zero attached hydrogens (tertiary/aromatic N) is 1. The molecule has 0 fully saturated rings. The van der Waals surface area contributed by atoms with Gasteiger partial charge in [-0.1, -0.05) is 6.08 Å². The van der Waals surface area contributed by atoms with Gasteiger partial charge < -0.3 is 19.5 Å². The fourth-order valence-corrected chi connectivity index (χ4v) is 2.13. The van der Waals surface area contributed by atoms with Crippen molar-refractivity contribution in [3.63, 3.8) is 0 Å². The molecular weight excluding hydrogens is 246 g/mol. The van der Waals surface area contributed by atoms with E-state index >= 15 is 0 Å². The number of carboxylic acid groups (broad SMARTS) is 1. The fourth-order valence-electron chi connectivity index (χ4n) is 2.13. The first-order chi connectivity index (χ1) is 9.15. The number of rotatable bonds is 4. The van der Waals surface area contributed by atoms with Gasteiger partial charge in [-0.05, 0) is 18.6 Å². The van der Waals surface area contributed by atoms with E-state index in [1.165, 1.54) is 0 Å². The number of anilines is 1. The van der Waals surface area contributed by atoms with E-state index in [1.54, 1.807) is 20.3 Å². The molecule has 1 aromatic rings. The third-order valence-corrected chi connectivity index (χ3v) is 3.21. The van der Waals surface area contributed by atoms with E-state index in [0.29, 0.717) is 25.1 Å². The van der Waals surface area contributed by atoms with Crippen molar-refractivity contribution >= 4 is 11.7 Å². The number of hydrogen-bond acceptors (Lipinski definition) is 4. The number of carbonyl (C=O) groups is 1. The number of aliphatic carboxylic acids is 1. The molecule has 0 amide bonds. The van der Waals surface area contributed by atoms with Gasteiger partial charge in [0.05, 0.1) is 19.9 Å². The second-order valence-electron chi connectivity index (χ2n) is 4.27. The molecule has 1 N–H and O–H groups in total. The average Bonchev–Trinajstić information content (AvgIpc) is 2.46. The lowest BCUT2D eigenvalue weighted by molar-refractivity contribution is -0.132. The highest BCUT2D eigenvalue weighted by atomic mass is 16.5. The zero-order chi connectivity index (χ0) is 13.8. The van der Waals surface area contributed by atoms with Crippen LogP contribution in [-0.4, -0.2) is 38.4 Å². The number of hydrogen-bond donors (Lipinski definition) is 1. The van der Waals surface area contributed by atoms with Crippen LogP contribution in [0.1, 0.15) is 6.42 Å². The Kier molecular flexibility index (Phi) is 3.94. The van der Waals surface area contributed by atoms with Crippen molar-refractivity contribution in [2.24, 2.45) is 0 Å². The van der Waals surface area contributed by atoms with Crippen LogP contribution < -0.4 is 14.4 Å². The van der Waals surface area contributed by atoms with Crippen LogP contribution in [0, 0.1) is 0 Å². The summed E-state index contributed by atoms with van der Waals surface area (Å²) < 4.78 is 10.6. The Balaban J connectivity index is 2.25. The van der Waals surface area contributed by atoms with Crippen LogP contribution in [0.4, 0.5) is 5.69 Å². The molecule has 0 saturated heterocycles. The minimum absolute atomic E-state index is 0.470. The first-order valence-electron chi connectivity index (χ1n) is 6.05. The van der Waals surface area contributed by atoms with Gasteiger partial charge in [0.15, 0.2) is 0 Å². The van der Waals surface area contributed by atoms with E-state index in [1.807, 2.05) is 18.2 Å². The van der Waals surface area contributed by atoms with Gasteiger partial charge in [-0.2, -0.15) is 0 Å². The second-order valence-corrected chi connectivity index (χ2v) is 4.27. The topological polar surface area (TPSA) is 59.0 Å². The zero-order valence-electron chi connectivity index (χ0n) is 11.0. The number of carboxylic acids is 1. The molecule has 0 spiro atoms. The Bertz CT molecular complexity index is 510. The van der Waals surface area contributed by atoms with Gasteiger partial charge in [0, 0.05) is 24.7 Å². The molecular formula is C14H17NO4. The number of ether oxygens (including phenoxy) is 2. The molecule has 0 bridgehead atoms. The summed E-state index contributed by atoms with van der Waals surface area (Å²) in [5.41, 5.74) is 1.39. The maximum absolute atomic E-state index is 10.9. The first-order valence-corrected chi connectivity index (χ1v) is 6.05. The lowest BCUT2D eigenvalue weighted by atomic mass is 10.1. The minimum Gasteiger partial charge on any atom is -0.497 e. The summed E-state index contributed by atoms with van der Waals surface area (Å²) >= 11 is 0. The van der Waals surface area contributed by atoms with Gasteiger partial charge in [-0.25, -0.2) is 4.79 Å². The summed E-state index contributed by atoms with van der Waals surface area (Å²) in [5.74, 6) is 0.675. The van der Waals surface area contributed by atoms with Crippen LogP contribution in [0.15, 0.2) is 29.8 Å². The molecule has 19 heavy (non-hydrogen) atoms. The molecule has 0 aromatic heterocycles. The Morgan fingerprint density at radius 2 is 2.11 bits per heavy atom. The first kappa shape index (κ1) is 13.3. The molecule has 0 atom stereocenters. The van der Waals surface area contributed by atoms with E-state index in [4.69, 9.17) is 14.6 Å². The molecule has 0 radical (unpaired) electrons. The fraction of sp³-hybridized carbons (Fsp3) is 0.357. The zero-order valence-corrected chi connectivity index (χ0v) is 11.0. The Hall–Kier alpha value is -2.17. The quantitative estimate of drug-likeness (QED) is 0.899. The molecule has 5 nitrogen and oxygen atoms in total. The van der Waals surface area contributed by atoms with Gasteiger partial charge in [0.1, 0.15) is 11.5 Å². The number of benzene rings is 1. The van der Waals surface area contributed by atoms with Crippen LogP contribution in [0.3, 0.4) is 0 Å². The third-order valence-electron chi connectivity index (χ3n) is 3.21. The van der Waals surface area contributed by atoms with Crippen molar-refractivity contribution in [3.05, 3.63) is 29.8 Å². The van der Waals surface area contributed by atoms with Gasteiger partial charge in [-0.3, -0.25) is 0 Å². The second kappa shape index (κ2) is 5.65. The maximum Gasteiger partial charge on any atom is 0.331 e. The predicted molar refractivity (Wildman–Crippen MR) is 72.1 cm³/mol. The SMILES string of the molecule is COc1ccc(OC)c(N2CC=C(C(=O)O)CC2)c1. The van der Waals surface area contributed by atoms with Crippen LogP contribution in [-0.2, 0) is 4.79 Å². The molecule has 0 unspecified atom stereocenters. The molecule has 0 saturated carbocycles. The van der Waals surface area contributed by atoms with Gasteiger partial charge in [0.2, 0.25) is 0 Å². The normalized spacial score (nSPS) is 14.8. The van der Waals surface area contributed by atoms with E-state index < -0.39 is 5.97 Å². The van der Waals surface area contributed by atoms with Crippen molar-refractivity contribution in [1.82, 2.24) is 0 Å². The molecule has 1 aromatic carbocycles. The van der Waals surface area contributed by atoms with Crippen molar-refractivity contribution in [3.8, 4) is 11.5 Å². The van der Waals surface area contributed by atoms with Gasteiger partial charge in [-0.15, -0.1) is 0 Å². The summed E-state index contributed by atoms with van der Waals surface area (Å²) in [6, 6.07) is 5.59. The Morgan fingerprint density at radius 3 is 2.63 bits per heavy atom. The average molecular weight is 263 g/mol. The lowest BCUT2D eigenvalue weighted by Gasteiger charge is -2.29. The van der Waals surface area contributed by atoms with E-state index in [9.17, 15) is 4.79 Å². The monoisotopic (exact) mass is 263 g/mol. The Morgan fingerprint density at radius 1 is 1.32 bits per heavy atom. The number of methoxy groups -OCH3 is 2. The molecule has 0 aliphatic carbocycles. The Labute approximate surface area is 112 Å². The van der Waals surface area contributed by atoms with Crippen molar-refractivity contribution in [2.75, 3.05) is 32.2 Å². The molecule has 1 aliphatic rings. The third kappa shape index (κ3) is 2.81. The summed E-state index contributed by atoms with van der Waals surface area (Å²) in [7, 11) is 3.23. The van der Waals surface area contributed by atoms with Crippen molar-refractivity contribution in [1.29, 1.82) is 0 Å². The van der Waals surface area contributed by atoms with Crippen LogP contribution >= 0.6 is 0 Å². The minimum atomic E-state index is -0.836. The predicted octanol–water partition coefficient (Wildman–Crippen LogP) is 1.92. The van der Waals surface area contributed by atoms with Crippen molar-refractivity contribution < 1.29 is 19.4 Å². The van der Waals surface area contributed by atoms with Crippen LogP contribution in [0.25, 0.3) is 0 Å². The largest absolute Gasteiger partial charge is 0.497 e. The highest BCUT2D eigenvalue weighted by molar-refractivity contribution is 5.87. The van der Waals surface area contributed by atoms with Crippen molar-refractivity contribution in [2.45, 2.75) is 6.42 Å². The maximum atomic E-state index is 10.9. The van der Waals surface area contributed by atoms with Gasteiger partial charge >= 0.3 is 5.97 Å². The summed E-state index contributed by atoms with van der Waals surface area (Å²) in [6.45, 7) is 1.22. The molecule has 1 aliphatic heterocycles. The molecule has 102 valence electrons. The smallest absolute Gasteiger partial charge is 0.331 e. The highest BCUT2D eigenvalue weighted by Crippen LogP contribution is 2.33. The van der Waals surface area contributed by atoms with E-state index in [2.05, 4.69) is 4.90 Å². The van der Waals surface area contributed by atoms with E-state index in [0.717, 1.165) is 17.2 Å². The molecule has 5 heteroatoms. The standard InChI is InChI=1S/C14H17NO4/c1-18-11-3-4-13(19-2)12(9-11)15-7-5-10(6-8-15)14(16)17/h3-5,9H,6-8H2,1-2H3,(H,16,17). The summed E-state index contributed by atoms with van der Waals surface area (Å²) in [5, 5.41) is 8.95. The summed E-state index contributed by atoms with van der Waals surface area (Å²) in [4.78, 5) is 13.0. The highest BCUT2D eigenvalue weighted by Gasteiger charge is 2.19. The molecule has 2 rings (SSSR count). The van der Waals surface area contributed by atoms with Crippen LogP contribution in [0.2, 0.25) is 0 Å². The lowest BCUT2D eigenvalue weighted by Crippen LogP contribution is -2.30. The van der Waals surface area contributed by atoms with Crippen LogP contribution in [0.5, 0.6) is 11.5 Å². The molecule has 1 heterocycles. The van der Waals surface area contributed by atoms with Gasteiger partial charge in [0.25, 0.3) is 0 Å². The summed E-state index contributed by atoms with van der Waals surface area (Å²) in [6.07, 6.45) is 2.26.